The van der Waals surface area contributed by atoms with Crippen molar-refractivity contribution < 1.29 is 9.13 Å². The van der Waals surface area contributed by atoms with Crippen LogP contribution in [0.5, 0.6) is 0 Å². The van der Waals surface area contributed by atoms with Gasteiger partial charge in [-0.2, -0.15) is 0 Å². The van der Waals surface area contributed by atoms with Gasteiger partial charge >= 0.3 is 0 Å². The zero-order chi connectivity index (χ0) is 8.74. The fourth-order valence-corrected chi connectivity index (χ4v) is 0.945. The van der Waals surface area contributed by atoms with Gasteiger partial charge in [0.2, 0.25) is 0 Å². The molecular weight excluding hydrogens is 145 g/mol. The first-order chi connectivity index (χ1) is 5.27. The lowest BCUT2D eigenvalue weighted by atomic mass is 10.1. The van der Waals surface area contributed by atoms with Crippen LogP contribution in [-0.4, -0.2) is 26.1 Å². The molecule has 1 heterocycles. The summed E-state index contributed by atoms with van der Waals surface area (Å²) in [4.78, 5) is 0. The minimum Gasteiger partial charge on any atom is -0.381 e. The van der Waals surface area contributed by atoms with Crippen LogP contribution < -0.4 is 5.32 Å². The second kappa shape index (κ2) is 5.49. The summed E-state index contributed by atoms with van der Waals surface area (Å²) < 4.78 is 18.1. The molecule has 1 N–H and O–H groups in total. The number of ether oxygens (including phenoxy) is 1. The second-order valence-electron chi connectivity index (χ2n) is 2.33. The molecule has 0 atom stereocenters. The van der Waals surface area contributed by atoms with Crippen LogP contribution in [0.3, 0.4) is 0 Å². The van der Waals surface area contributed by atoms with Crippen LogP contribution in [-0.2, 0) is 4.74 Å². The Hall–Kier alpha value is -0.150. The molecule has 1 aliphatic heterocycles. The topological polar surface area (TPSA) is 21.3 Å². The van der Waals surface area contributed by atoms with E-state index in [0.29, 0.717) is 26.1 Å². The zero-order valence-electron chi connectivity index (χ0n) is 7.61. The molecule has 0 bridgehead atoms. The highest BCUT2D eigenvalue weighted by Gasteiger charge is 2.29. The summed E-state index contributed by atoms with van der Waals surface area (Å²) >= 11 is 0. The van der Waals surface area contributed by atoms with E-state index in [1.165, 1.54) is 0 Å². The van der Waals surface area contributed by atoms with Crippen molar-refractivity contribution in [3.63, 3.8) is 0 Å². The van der Waals surface area contributed by atoms with Gasteiger partial charge in [-0.15, -0.1) is 0 Å². The number of nitrogens with one attached hydrogen (secondary N) is 1. The molecule has 0 saturated carbocycles. The molecule has 68 valence electrons. The normalized spacial score (nSPS) is 21.8. The lowest BCUT2D eigenvalue weighted by molar-refractivity contribution is -0.0238. The Bertz CT molecular complexity index is 92.1. The van der Waals surface area contributed by atoms with Gasteiger partial charge in [-0.05, 0) is 7.05 Å². The van der Waals surface area contributed by atoms with Crippen LogP contribution in [0.15, 0.2) is 0 Å². The fraction of sp³-hybridized carbons (Fsp3) is 1.00. The van der Waals surface area contributed by atoms with Crippen molar-refractivity contribution in [2.45, 2.75) is 32.5 Å². The molecule has 1 aliphatic rings. The molecule has 0 aromatic heterocycles. The average Bonchev–Trinajstić information content (AvgIpc) is 2.10. The first kappa shape index (κ1) is 10.8. The Kier molecular flexibility index (Phi) is 5.42. The van der Waals surface area contributed by atoms with Crippen molar-refractivity contribution in [1.82, 2.24) is 5.32 Å². The highest BCUT2D eigenvalue weighted by atomic mass is 19.1. The summed E-state index contributed by atoms with van der Waals surface area (Å²) in [6.07, 6.45) is 0.951. The maximum absolute atomic E-state index is 13.1. The molecule has 3 heteroatoms. The average molecular weight is 163 g/mol. The summed E-state index contributed by atoms with van der Waals surface area (Å²) in [5, 5.41) is 2.63. The third-order valence-corrected chi connectivity index (χ3v) is 1.73. The van der Waals surface area contributed by atoms with Crippen molar-refractivity contribution in [2.24, 2.45) is 0 Å². The van der Waals surface area contributed by atoms with E-state index in [4.69, 9.17) is 4.74 Å². The molecule has 1 rings (SSSR count). The predicted octanol–water partition coefficient (Wildman–Crippen LogP) is 1.71. The molecule has 0 aliphatic carbocycles. The van der Waals surface area contributed by atoms with Crippen LogP contribution in [0, 0.1) is 0 Å². The van der Waals surface area contributed by atoms with Gasteiger partial charge in [0.1, 0.15) is 0 Å². The summed E-state index contributed by atoms with van der Waals surface area (Å²) in [6.45, 7) is 5.08. The second-order valence-corrected chi connectivity index (χ2v) is 2.33. The number of halogens is 1. The summed E-state index contributed by atoms with van der Waals surface area (Å²) in [7, 11) is 1.64. The van der Waals surface area contributed by atoms with Crippen molar-refractivity contribution in [2.75, 3.05) is 20.3 Å². The van der Waals surface area contributed by atoms with Crippen molar-refractivity contribution in [3.05, 3.63) is 0 Å². The smallest absolute Gasteiger partial charge is 0.165 e. The molecule has 0 aromatic carbocycles. The maximum atomic E-state index is 13.1. The number of rotatable bonds is 1. The lowest BCUT2D eigenvalue weighted by Crippen LogP contribution is -2.43. The Morgan fingerprint density at radius 2 is 1.73 bits per heavy atom. The van der Waals surface area contributed by atoms with E-state index in [1.54, 1.807) is 7.05 Å². The third-order valence-electron chi connectivity index (χ3n) is 1.73. The van der Waals surface area contributed by atoms with Crippen LogP contribution in [0.25, 0.3) is 0 Å². The van der Waals surface area contributed by atoms with Gasteiger partial charge in [0.25, 0.3) is 0 Å². The van der Waals surface area contributed by atoms with Gasteiger partial charge in [-0.3, -0.25) is 5.32 Å². The van der Waals surface area contributed by atoms with Gasteiger partial charge in [-0.25, -0.2) is 4.39 Å². The first-order valence-electron chi connectivity index (χ1n) is 4.22. The third kappa shape index (κ3) is 3.68. The SMILES string of the molecule is CC.CNC1(F)CCOCC1. The quantitative estimate of drug-likeness (QED) is 0.594. The highest BCUT2D eigenvalue weighted by Crippen LogP contribution is 2.20. The first-order valence-corrected chi connectivity index (χ1v) is 4.22. The molecule has 11 heavy (non-hydrogen) atoms. The van der Waals surface area contributed by atoms with Gasteiger partial charge in [0, 0.05) is 12.8 Å². The standard InChI is InChI=1S/C6H12FNO.C2H6/c1-8-6(7)2-4-9-5-3-6;1-2/h8H,2-5H2,1H3;1-2H3. The predicted molar refractivity (Wildman–Crippen MR) is 44.3 cm³/mol. The summed E-state index contributed by atoms with van der Waals surface area (Å²) in [5.41, 5.74) is 0. The van der Waals surface area contributed by atoms with E-state index in [-0.39, 0.29) is 0 Å². The maximum Gasteiger partial charge on any atom is 0.165 e. The number of hydrogen-bond acceptors (Lipinski definition) is 2. The van der Waals surface area contributed by atoms with Gasteiger partial charge in [0.05, 0.1) is 13.2 Å². The molecule has 1 fully saturated rings. The molecule has 0 aromatic rings. The van der Waals surface area contributed by atoms with Gasteiger partial charge < -0.3 is 4.74 Å². The Balaban J connectivity index is 0.000000461. The lowest BCUT2D eigenvalue weighted by Gasteiger charge is -2.28. The molecule has 2 nitrogen and oxygen atoms in total. The van der Waals surface area contributed by atoms with Gasteiger partial charge in [-0.1, -0.05) is 13.8 Å². The van der Waals surface area contributed by atoms with Crippen LogP contribution in [0.4, 0.5) is 4.39 Å². The monoisotopic (exact) mass is 163 g/mol. The minimum atomic E-state index is -1.15. The molecule has 0 radical (unpaired) electrons. The van der Waals surface area contributed by atoms with Crippen molar-refractivity contribution in [3.8, 4) is 0 Å². The number of alkyl halides is 1. The van der Waals surface area contributed by atoms with Crippen LogP contribution in [0.1, 0.15) is 26.7 Å². The van der Waals surface area contributed by atoms with Crippen LogP contribution in [0.2, 0.25) is 0 Å². The summed E-state index contributed by atoms with van der Waals surface area (Å²) in [6, 6.07) is 0. The van der Waals surface area contributed by atoms with E-state index >= 15 is 0 Å². The Morgan fingerprint density at radius 3 is 2.00 bits per heavy atom. The van der Waals surface area contributed by atoms with Crippen molar-refractivity contribution >= 4 is 0 Å². The fourth-order valence-electron chi connectivity index (χ4n) is 0.945. The number of hydrogen-bond donors (Lipinski definition) is 1. The van der Waals surface area contributed by atoms with Crippen molar-refractivity contribution in [1.29, 1.82) is 0 Å². The summed E-state index contributed by atoms with van der Waals surface area (Å²) in [5.74, 6) is -1.15. The zero-order valence-corrected chi connectivity index (χ0v) is 7.61. The van der Waals surface area contributed by atoms with Crippen LogP contribution >= 0.6 is 0 Å². The molecule has 1 saturated heterocycles. The Labute approximate surface area is 68.1 Å². The molecule has 0 amide bonds. The van der Waals surface area contributed by atoms with E-state index in [2.05, 4.69) is 5.32 Å². The minimum absolute atomic E-state index is 0.476. The largest absolute Gasteiger partial charge is 0.381 e. The molecule has 0 unspecified atom stereocenters. The van der Waals surface area contributed by atoms with E-state index < -0.39 is 5.79 Å². The Morgan fingerprint density at radius 1 is 1.27 bits per heavy atom. The van der Waals surface area contributed by atoms with Gasteiger partial charge in [0.15, 0.2) is 5.79 Å². The molecule has 0 spiro atoms. The van der Waals surface area contributed by atoms with E-state index in [1.807, 2.05) is 13.8 Å². The highest BCUT2D eigenvalue weighted by molar-refractivity contribution is 4.76. The molecular formula is C8H18FNO. The van der Waals surface area contributed by atoms with E-state index in [0.717, 1.165) is 0 Å². The van der Waals surface area contributed by atoms with E-state index in [9.17, 15) is 4.39 Å².